The first-order valence-electron chi connectivity index (χ1n) is 6.62. The van der Waals surface area contributed by atoms with Crippen LogP contribution in [0.5, 0.6) is 0 Å². The summed E-state index contributed by atoms with van der Waals surface area (Å²) in [5, 5.41) is 10.8. The van der Waals surface area contributed by atoms with Crippen LogP contribution in [0.15, 0.2) is 18.2 Å². The van der Waals surface area contributed by atoms with Gasteiger partial charge in [0.15, 0.2) is 0 Å². The molecule has 2 rings (SSSR count). The van der Waals surface area contributed by atoms with Crippen molar-refractivity contribution in [2.24, 2.45) is 0 Å². The number of hydrogen-bond acceptors (Lipinski definition) is 4. The number of nitro groups is 1. The third-order valence-corrected chi connectivity index (χ3v) is 3.61. The molecule has 0 saturated carbocycles. The van der Waals surface area contributed by atoms with Crippen molar-refractivity contribution in [3.8, 4) is 0 Å². The highest BCUT2D eigenvalue weighted by atomic mass is 16.6. The molecule has 1 saturated heterocycles. The summed E-state index contributed by atoms with van der Waals surface area (Å²) in [6.45, 7) is 5.87. The largest absolute Gasteiger partial charge is 0.378 e. The summed E-state index contributed by atoms with van der Waals surface area (Å²) < 4.78 is 5.23. The van der Waals surface area contributed by atoms with Crippen LogP contribution >= 0.6 is 0 Å². The van der Waals surface area contributed by atoms with Crippen LogP contribution in [0.25, 0.3) is 0 Å². The molecule has 1 atom stereocenters. The number of hydrogen-bond donors (Lipinski definition) is 0. The van der Waals surface area contributed by atoms with Crippen molar-refractivity contribution in [2.75, 3.05) is 26.3 Å². The van der Waals surface area contributed by atoms with E-state index in [4.69, 9.17) is 4.74 Å². The van der Waals surface area contributed by atoms with Gasteiger partial charge in [-0.15, -0.1) is 0 Å². The first-order valence-corrected chi connectivity index (χ1v) is 6.62. The minimum atomic E-state index is -0.409. The number of ether oxygens (including phenoxy) is 1. The smallest absolute Gasteiger partial charge is 0.272 e. The van der Waals surface area contributed by atoms with Crippen LogP contribution in [0, 0.1) is 17.0 Å². The summed E-state index contributed by atoms with van der Waals surface area (Å²) in [6, 6.07) is 4.85. The first-order chi connectivity index (χ1) is 9.50. The number of nitrogens with zero attached hydrogens (tertiary/aromatic N) is 2. The van der Waals surface area contributed by atoms with Crippen molar-refractivity contribution in [1.29, 1.82) is 0 Å². The van der Waals surface area contributed by atoms with Gasteiger partial charge in [-0.2, -0.15) is 0 Å². The molecular weight excluding hydrogens is 260 g/mol. The minimum absolute atomic E-state index is 0.0431. The third-order valence-electron chi connectivity index (χ3n) is 3.61. The van der Waals surface area contributed by atoms with Crippen LogP contribution in [0.4, 0.5) is 5.69 Å². The van der Waals surface area contributed by atoms with E-state index in [2.05, 4.69) is 0 Å². The Hall–Kier alpha value is -1.95. The van der Waals surface area contributed by atoms with Gasteiger partial charge in [-0.3, -0.25) is 14.9 Å². The SMILES string of the molecule is Cc1cc(C(C)C(=O)N2CCOCC2)ccc1[N+](=O)[O-]. The average molecular weight is 278 g/mol. The van der Waals surface area contributed by atoms with Gasteiger partial charge in [-0.05, 0) is 25.5 Å². The standard InChI is InChI=1S/C14H18N2O4/c1-10-9-12(3-4-13(10)16(18)19)11(2)14(17)15-5-7-20-8-6-15/h3-4,9,11H,5-8H2,1-2H3. The number of aryl methyl sites for hydroxylation is 1. The van der Waals surface area contributed by atoms with Crippen molar-refractivity contribution < 1.29 is 14.5 Å². The summed E-state index contributed by atoms with van der Waals surface area (Å²) in [4.78, 5) is 24.5. The quantitative estimate of drug-likeness (QED) is 0.625. The van der Waals surface area contributed by atoms with E-state index < -0.39 is 4.92 Å². The second-order valence-electron chi connectivity index (χ2n) is 4.96. The van der Waals surface area contributed by atoms with Crippen LogP contribution in [-0.4, -0.2) is 42.0 Å². The topological polar surface area (TPSA) is 72.7 Å². The molecule has 108 valence electrons. The van der Waals surface area contributed by atoms with E-state index in [1.54, 1.807) is 24.0 Å². The average Bonchev–Trinajstić information content (AvgIpc) is 2.46. The molecule has 1 aliphatic heterocycles. The Morgan fingerprint density at radius 1 is 1.40 bits per heavy atom. The lowest BCUT2D eigenvalue weighted by Gasteiger charge is -2.29. The molecule has 0 spiro atoms. The molecule has 0 radical (unpaired) electrons. The second kappa shape index (κ2) is 6.00. The summed E-state index contributed by atoms with van der Waals surface area (Å²) >= 11 is 0. The maximum atomic E-state index is 12.4. The molecule has 0 aliphatic carbocycles. The maximum absolute atomic E-state index is 12.4. The Kier molecular flexibility index (Phi) is 4.34. The zero-order valence-electron chi connectivity index (χ0n) is 11.7. The highest BCUT2D eigenvalue weighted by Gasteiger charge is 2.24. The Morgan fingerprint density at radius 3 is 2.60 bits per heavy atom. The summed E-state index contributed by atoms with van der Waals surface area (Å²) in [7, 11) is 0. The molecule has 1 amide bonds. The predicted molar refractivity (Wildman–Crippen MR) is 73.6 cm³/mol. The normalized spacial score (nSPS) is 16.8. The minimum Gasteiger partial charge on any atom is -0.378 e. The van der Waals surface area contributed by atoms with E-state index in [1.165, 1.54) is 6.07 Å². The van der Waals surface area contributed by atoms with Crippen molar-refractivity contribution in [3.05, 3.63) is 39.4 Å². The molecule has 1 aromatic carbocycles. The lowest BCUT2D eigenvalue weighted by Crippen LogP contribution is -2.42. The number of morpholine rings is 1. The first kappa shape index (κ1) is 14.5. The zero-order chi connectivity index (χ0) is 14.7. The lowest BCUT2D eigenvalue weighted by atomic mass is 9.97. The molecule has 0 N–H and O–H groups in total. The number of rotatable bonds is 3. The fourth-order valence-corrected chi connectivity index (χ4v) is 2.35. The highest BCUT2D eigenvalue weighted by Crippen LogP contribution is 2.25. The Labute approximate surface area is 117 Å². The van der Waals surface area contributed by atoms with Crippen LogP contribution < -0.4 is 0 Å². The van der Waals surface area contributed by atoms with Crippen LogP contribution in [0.2, 0.25) is 0 Å². The second-order valence-corrected chi connectivity index (χ2v) is 4.96. The number of amides is 1. The van der Waals surface area contributed by atoms with E-state index in [-0.39, 0.29) is 17.5 Å². The molecule has 0 aromatic heterocycles. The van der Waals surface area contributed by atoms with E-state index >= 15 is 0 Å². The Balaban J connectivity index is 2.16. The van der Waals surface area contributed by atoms with Crippen molar-refractivity contribution in [2.45, 2.75) is 19.8 Å². The van der Waals surface area contributed by atoms with Gasteiger partial charge >= 0.3 is 0 Å². The van der Waals surface area contributed by atoms with Gasteiger partial charge in [0.25, 0.3) is 5.69 Å². The van der Waals surface area contributed by atoms with Gasteiger partial charge in [0, 0.05) is 24.7 Å². The molecule has 20 heavy (non-hydrogen) atoms. The molecule has 1 heterocycles. The number of carbonyl (C=O) groups excluding carboxylic acids is 1. The molecule has 6 nitrogen and oxygen atoms in total. The highest BCUT2D eigenvalue weighted by molar-refractivity contribution is 5.83. The van der Waals surface area contributed by atoms with E-state index in [9.17, 15) is 14.9 Å². The van der Waals surface area contributed by atoms with E-state index in [0.717, 1.165) is 5.56 Å². The molecule has 0 bridgehead atoms. The van der Waals surface area contributed by atoms with Crippen molar-refractivity contribution in [1.82, 2.24) is 4.90 Å². The van der Waals surface area contributed by atoms with Gasteiger partial charge < -0.3 is 9.64 Å². The van der Waals surface area contributed by atoms with Crippen LogP contribution in [0.3, 0.4) is 0 Å². The maximum Gasteiger partial charge on any atom is 0.272 e. The van der Waals surface area contributed by atoms with Gasteiger partial charge in [0.2, 0.25) is 5.91 Å². The fraction of sp³-hybridized carbons (Fsp3) is 0.500. The Morgan fingerprint density at radius 2 is 2.05 bits per heavy atom. The number of nitro benzene ring substituents is 1. The molecule has 1 unspecified atom stereocenters. The monoisotopic (exact) mass is 278 g/mol. The predicted octanol–water partition coefficient (Wildman–Crippen LogP) is 1.87. The van der Waals surface area contributed by atoms with Crippen LogP contribution in [-0.2, 0) is 9.53 Å². The molecule has 1 aliphatic rings. The number of carbonyl (C=O) groups is 1. The van der Waals surface area contributed by atoms with E-state index in [0.29, 0.717) is 31.9 Å². The lowest BCUT2D eigenvalue weighted by molar-refractivity contribution is -0.385. The van der Waals surface area contributed by atoms with Crippen molar-refractivity contribution in [3.63, 3.8) is 0 Å². The molecule has 1 fully saturated rings. The van der Waals surface area contributed by atoms with Gasteiger partial charge in [0.05, 0.1) is 24.1 Å². The van der Waals surface area contributed by atoms with Crippen molar-refractivity contribution >= 4 is 11.6 Å². The molecule has 6 heteroatoms. The molecule has 1 aromatic rings. The fourth-order valence-electron chi connectivity index (χ4n) is 2.35. The third kappa shape index (κ3) is 2.96. The molecular formula is C14H18N2O4. The summed E-state index contributed by atoms with van der Waals surface area (Å²) in [5.74, 6) is -0.255. The van der Waals surface area contributed by atoms with E-state index in [1.807, 2.05) is 6.92 Å². The Bertz CT molecular complexity index is 524. The number of benzene rings is 1. The summed E-state index contributed by atoms with van der Waals surface area (Å²) in [5.41, 5.74) is 1.47. The summed E-state index contributed by atoms with van der Waals surface area (Å²) in [6.07, 6.45) is 0. The van der Waals surface area contributed by atoms with Gasteiger partial charge in [0.1, 0.15) is 0 Å². The van der Waals surface area contributed by atoms with Gasteiger partial charge in [-0.1, -0.05) is 6.07 Å². The van der Waals surface area contributed by atoms with Crippen LogP contribution in [0.1, 0.15) is 24.0 Å². The zero-order valence-corrected chi connectivity index (χ0v) is 11.7. The van der Waals surface area contributed by atoms with Gasteiger partial charge in [-0.25, -0.2) is 0 Å².